The molecule has 1 saturated carbocycles. The van der Waals surface area contributed by atoms with Crippen molar-refractivity contribution < 1.29 is 52.5 Å². The lowest BCUT2D eigenvalue weighted by Crippen LogP contribution is -2.52. The van der Waals surface area contributed by atoms with Crippen LogP contribution in [0.4, 0.5) is 14.5 Å². The van der Waals surface area contributed by atoms with Crippen molar-refractivity contribution in [3.05, 3.63) is 111 Å². The van der Waals surface area contributed by atoms with Crippen LogP contribution >= 0.6 is 23.2 Å². The molecule has 11 nitrogen and oxygen atoms in total. The standard InChI is InChI=1S/C41H41Cl2F2N3O7.H2O/c1-51-30-11-6-26(7-12-30)38(40(50)54-37-22-48-16-14-25(37)15-17-48)47-29-9-4-27(5-10-29)39(49)53-35(19-31-32(42)20-46-21-33(31)43)28-8-13-34(55-41(44)45)36(18-28)52-23-24-2-3-24;/h4-13,18,20-21,24-25,35,37-38,41,47H,2-3,14-17,19,22-23H2,1H3;1H2/t35-,37-,38?;/m0./s1. The van der Waals surface area contributed by atoms with Gasteiger partial charge in [0.05, 0.1) is 19.3 Å². The summed E-state index contributed by atoms with van der Waals surface area (Å²) in [7, 11) is 1.58. The molecule has 1 aromatic heterocycles. The number of benzene rings is 3. The maximum atomic E-state index is 13.8. The number of nitrogens with one attached hydrogen (secondary N) is 2. The van der Waals surface area contributed by atoms with Crippen LogP contribution in [0, 0.1) is 11.8 Å². The van der Waals surface area contributed by atoms with Gasteiger partial charge in [0.2, 0.25) is 0 Å². The number of carbonyl (C=O) groups excluding carboxylic acids is 2. The minimum atomic E-state index is -3.05. The predicted octanol–water partition coefficient (Wildman–Crippen LogP) is 7.96. The number of anilines is 1. The Morgan fingerprint density at radius 1 is 0.911 bits per heavy atom. The molecule has 15 heteroatoms. The van der Waals surface area contributed by atoms with Crippen LogP contribution in [0.3, 0.4) is 0 Å². The molecule has 4 aromatic rings. The number of ether oxygens (including phenoxy) is 5. The van der Waals surface area contributed by atoms with Crippen LogP contribution in [-0.2, 0) is 20.7 Å². The maximum Gasteiger partial charge on any atom is 0.387 e. The van der Waals surface area contributed by atoms with E-state index in [0.29, 0.717) is 56.6 Å². The lowest BCUT2D eigenvalue weighted by Gasteiger charge is -2.44. The van der Waals surface area contributed by atoms with Crippen LogP contribution in [0.5, 0.6) is 17.2 Å². The first-order valence-corrected chi connectivity index (χ1v) is 19.1. The number of halogens is 4. The van der Waals surface area contributed by atoms with E-state index in [9.17, 15) is 18.4 Å². The summed E-state index contributed by atoms with van der Waals surface area (Å²) in [5.74, 6) is 0.276. The van der Waals surface area contributed by atoms with Crippen LogP contribution in [-0.4, -0.2) is 68.4 Å². The summed E-state index contributed by atoms with van der Waals surface area (Å²) in [5.41, 5.74) is 2.48. The molecule has 4 heterocycles. The average Bonchev–Trinajstić information content (AvgIpc) is 4.03. The number of aromatic amines is 1. The Hall–Kier alpha value is -4.69. The van der Waals surface area contributed by atoms with E-state index in [1.807, 2.05) is 12.1 Å². The van der Waals surface area contributed by atoms with E-state index in [0.717, 1.165) is 45.3 Å². The smallest absolute Gasteiger partial charge is 0.387 e. The number of hydrogen-bond acceptors (Lipinski definition) is 10. The molecule has 0 spiro atoms. The van der Waals surface area contributed by atoms with Gasteiger partial charge in [-0.3, -0.25) is 4.90 Å². The highest BCUT2D eigenvalue weighted by Gasteiger charge is 2.38. The van der Waals surface area contributed by atoms with E-state index in [2.05, 4.69) is 15.2 Å². The van der Waals surface area contributed by atoms with Crippen molar-refractivity contribution >= 4 is 40.8 Å². The van der Waals surface area contributed by atoms with Crippen molar-refractivity contribution in [3.63, 3.8) is 0 Å². The molecule has 3 atom stereocenters. The molecule has 0 radical (unpaired) electrons. The zero-order valence-electron chi connectivity index (χ0n) is 30.6. The normalized spacial score (nSPS) is 19.6. The Morgan fingerprint density at radius 3 is 2.20 bits per heavy atom. The fourth-order valence-corrected chi connectivity index (χ4v) is 7.54. The molecule has 1 unspecified atom stereocenters. The van der Waals surface area contributed by atoms with Gasteiger partial charge in [-0.1, -0.05) is 41.4 Å². The van der Waals surface area contributed by atoms with Crippen molar-refractivity contribution in [2.45, 2.75) is 57.0 Å². The SMILES string of the molecule is COc1ccc(C(Nc2ccc(C(=O)O[C@@H](Cc3c(Cl)c[nH+]cc3Cl)c3ccc(OC(F)F)c(OCC4CC4)c3)cc2)C(=O)O[C@H]2CN3CCC2CC3)cc1.[OH-]. The summed E-state index contributed by atoms with van der Waals surface area (Å²) in [6.07, 6.45) is 6.07. The molecule has 0 amide bonds. The highest BCUT2D eigenvalue weighted by atomic mass is 35.5. The van der Waals surface area contributed by atoms with Crippen molar-refractivity contribution in [1.29, 1.82) is 0 Å². The van der Waals surface area contributed by atoms with Crippen molar-refractivity contribution in [3.8, 4) is 17.2 Å². The first kappa shape index (κ1) is 41.0. The molecule has 298 valence electrons. The molecule has 3 N–H and O–H groups in total. The van der Waals surface area contributed by atoms with Crippen LogP contribution in [0.1, 0.15) is 64.9 Å². The van der Waals surface area contributed by atoms with Gasteiger partial charge >= 0.3 is 18.6 Å². The maximum absolute atomic E-state index is 13.8. The summed E-state index contributed by atoms with van der Waals surface area (Å²) in [5, 5.41) is 3.95. The predicted molar refractivity (Wildman–Crippen MR) is 203 cm³/mol. The van der Waals surface area contributed by atoms with Crippen LogP contribution in [0.25, 0.3) is 0 Å². The zero-order chi connectivity index (χ0) is 38.5. The Kier molecular flexibility index (Phi) is 13.5. The fraction of sp³-hybridized carbons (Fsp3) is 0.390. The number of carbonyl (C=O) groups is 2. The van der Waals surface area contributed by atoms with E-state index in [1.165, 1.54) is 18.2 Å². The average molecular weight is 815 g/mol. The van der Waals surface area contributed by atoms with Gasteiger partial charge in [-0.15, -0.1) is 0 Å². The molecule has 56 heavy (non-hydrogen) atoms. The number of alkyl halides is 2. The molecule has 8 rings (SSSR count). The largest absolute Gasteiger partial charge is 0.870 e. The van der Waals surface area contributed by atoms with Crippen LogP contribution < -0.4 is 24.5 Å². The fourth-order valence-electron chi connectivity index (χ4n) is 7.01. The van der Waals surface area contributed by atoms with Crippen LogP contribution in [0.2, 0.25) is 10.0 Å². The Morgan fingerprint density at radius 2 is 1.59 bits per heavy atom. The lowest BCUT2D eigenvalue weighted by molar-refractivity contribution is -0.377. The minimum Gasteiger partial charge on any atom is -0.870 e. The quantitative estimate of drug-likeness (QED) is 0.111. The van der Waals surface area contributed by atoms with Gasteiger partial charge < -0.3 is 34.5 Å². The van der Waals surface area contributed by atoms with Crippen molar-refractivity contribution in [2.24, 2.45) is 11.8 Å². The Balaban J connectivity index is 0.00000532. The summed E-state index contributed by atoms with van der Waals surface area (Å²) in [6, 6.07) is 17.4. The van der Waals surface area contributed by atoms with E-state index in [1.54, 1.807) is 55.9 Å². The van der Waals surface area contributed by atoms with Gasteiger partial charge in [0.1, 0.15) is 28.0 Å². The third-order valence-electron chi connectivity index (χ3n) is 10.3. The van der Waals surface area contributed by atoms with Gasteiger partial charge in [-0.2, -0.15) is 8.78 Å². The Bertz CT molecular complexity index is 1940. The molecule has 4 aliphatic rings. The minimum absolute atomic E-state index is 0. The van der Waals surface area contributed by atoms with Gasteiger partial charge in [-0.25, -0.2) is 14.6 Å². The number of H-pyrrole nitrogens is 1. The van der Waals surface area contributed by atoms with Gasteiger partial charge in [0.15, 0.2) is 29.9 Å². The number of piperidine rings is 3. The highest BCUT2D eigenvalue weighted by molar-refractivity contribution is 6.35. The van der Waals surface area contributed by atoms with Gasteiger partial charge in [-0.05, 0) is 110 Å². The van der Waals surface area contributed by atoms with E-state index < -0.39 is 30.7 Å². The first-order chi connectivity index (χ1) is 26.6. The van der Waals surface area contributed by atoms with Crippen molar-refractivity contribution in [1.82, 2.24) is 4.90 Å². The number of pyridine rings is 1. The summed E-state index contributed by atoms with van der Waals surface area (Å²) in [6.45, 7) is 0.0725. The molecule has 1 aliphatic carbocycles. The number of hydrogen-bond donors (Lipinski definition) is 1. The lowest BCUT2D eigenvalue weighted by atomic mass is 9.86. The number of aromatic nitrogens is 1. The highest BCUT2D eigenvalue weighted by Crippen LogP contribution is 2.38. The third-order valence-corrected chi connectivity index (χ3v) is 11.0. The van der Waals surface area contributed by atoms with Gasteiger partial charge in [0, 0.05) is 24.2 Å². The monoisotopic (exact) mass is 813 g/mol. The van der Waals surface area contributed by atoms with E-state index in [-0.39, 0.29) is 35.1 Å². The topological polar surface area (TPSA) is 140 Å². The molecule has 2 bridgehead atoms. The van der Waals surface area contributed by atoms with Crippen LogP contribution in [0.15, 0.2) is 79.1 Å². The Labute approximate surface area is 333 Å². The molecule has 3 aromatic carbocycles. The molecular weight excluding hydrogens is 771 g/mol. The second-order valence-electron chi connectivity index (χ2n) is 14.1. The second-order valence-corrected chi connectivity index (χ2v) is 14.9. The van der Waals surface area contributed by atoms with Crippen molar-refractivity contribution in [2.75, 3.05) is 38.7 Å². The number of fused-ring (bicyclic) bond motifs is 3. The summed E-state index contributed by atoms with van der Waals surface area (Å²) >= 11 is 13.0. The first-order valence-electron chi connectivity index (χ1n) is 18.3. The summed E-state index contributed by atoms with van der Waals surface area (Å²) < 4.78 is 54.7. The number of rotatable bonds is 16. The molecule has 3 saturated heterocycles. The number of esters is 2. The van der Waals surface area contributed by atoms with E-state index in [4.69, 9.17) is 46.9 Å². The summed E-state index contributed by atoms with van der Waals surface area (Å²) in [4.78, 5) is 32.7. The molecule has 4 fully saturated rings. The van der Waals surface area contributed by atoms with E-state index >= 15 is 0 Å². The second kappa shape index (κ2) is 18.5. The number of nitrogens with zero attached hydrogens (tertiary/aromatic N) is 1. The number of methoxy groups -OCH3 is 1. The van der Waals surface area contributed by atoms with Gasteiger partial charge in [0.25, 0.3) is 0 Å². The zero-order valence-corrected chi connectivity index (χ0v) is 32.1. The molecular formula is C41H43Cl2F2N3O8. The third kappa shape index (κ3) is 10.2. The molecule has 3 aliphatic heterocycles.